The standard InChI is InChI=1S/C33H46N2O5/c1-21(36)40-25-11-13-32(2)24(20-25)8-9-26-27(32)12-14-33(3)28(26)19-23(31(33)34-37)17-22-7-10-29(30(18-22)38-6)39-16-15-35(4)5/h7-8,10,17-18,25-28,37H,9,11-16,19-20H2,1-6H3/b23-17+,34-31+/t25-,26+,27-,28-,32-,33-/m0/s1. The number of hydrogen-bond donors (Lipinski definition) is 1. The van der Waals surface area contributed by atoms with Gasteiger partial charge in [0.05, 0.1) is 12.8 Å². The van der Waals surface area contributed by atoms with Crippen LogP contribution in [-0.4, -0.2) is 62.2 Å². The second kappa shape index (κ2) is 11.2. The third kappa shape index (κ3) is 5.17. The molecule has 0 spiro atoms. The molecule has 3 saturated carbocycles. The van der Waals surface area contributed by atoms with Gasteiger partial charge in [0, 0.05) is 25.3 Å². The minimum atomic E-state index is -0.179. The minimum absolute atomic E-state index is 0.0122. The number of allylic oxidation sites excluding steroid dienone is 2. The molecule has 0 amide bonds. The van der Waals surface area contributed by atoms with Crippen LogP contribution in [0.25, 0.3) is 6.08 Å². The molecular weight excluding hydrogens is 504 g/mol. The Morgan fingerprint density at radius 1 is 1.12 bits per heavy atom. The quantitative estimate of drug-likeness (QED) is 0.184. The van der Waals surface area contributed by atoms with Gasteiger partial charge >= 0.3 is 5.97 Å². The Kier molecular flexibility index (Phi) is 8.06. The first kappa shape index (κ1) is 28.7. The molecule has 7 heteroatoms. The molecule has 6 atom stereocenters. The van der Waals surface area contributed by atoms with Gasteiger partial charge in [0.15, 0.2) is 11.5 Å². The molecule has 0 unspecified atom stereocenters. The van der Waals surface area contributed by atoms with Crippen LogP contribution in [0, 0.1) is 28.6 Å². The van der Waals surface area contributed by atoms with Gasteiger partial charge in [0.25, 0.3) is 0 Å². The summed E-state index contributed by atoms with van der Waals surface area (Å²) in [6, 6.07) is 6.04. The van der Waals surface area contributed by atoms with Crippen molar-refractivity contribution in [2.45, 2.75) is 71.8 Å². The SMILES string of the molecule is COc1cc(/C=C2\C[C@H]3[C@@H]4CC=C5C[C@@H](OC(C)=O)CC[C@]5(C)[C@H]4CC[C@]3(C)\C2=N\O)ccc1OCCN(C)C. The molecule has 0 saturated heterocycles. The summed E-state index contributed by atoms with van der Waals surface area (Å²) in [5.74, 6) is 2.84. The predicted molar refractivity (Wildman–Crippen MR) is 157 cm³/mol. The van der Waals surface area contributed by atoms with E-state index in [9.17, 15) is 10.0 Å². The first-order chi connectivity index (χ1) is 19.1. The van der Waals surface area contributed by atoms with E-state index in [1.165, 1.54) is 12.5 Å². The molecule has 1 aromatic rings. The van der Waals surface area contributed by atoms with Gasteiger partial charge in [-0.05, 0) is 105 Å². The highest BCUT2D eigenvalue weighted by molar-refractivity contribution is 6.09. The van der Waals surface area contributed by atoms with E-state index in [0.29, 0.717) is 30.1 Å². The second-order valence-electron chi connectivity index (χ2n) is 13.1. The third-order valence-corrected chi connectivity index (χ3v) is 10.5. The number of likely N-dealkylation sites (N-methyl/N-ethyl adjacent to an activating group) is 1. The van der Waals surface area contributed by atoms with E-state index < -0.39 is 0 Å². The lowest BCUT2D eigenvalue weighted by molar-refractivity contribution is -0.148. The fourth-order valence-electron chi connectivity index (χ4n) is 8.39. The highest BCUT2D eigenvalue weighted by Crippen LogP contribution is 2.65. The fourth-order valence-corrected chi connectivity index (χ4v) is 8.39. The normalized spacial score (nSPS) is 35.1. The molecule has 4 aliphatic carbocycles. The van der Waals surface area contributed by atoms with Gasteiger partial charge in [-0.3, -0.25) is 4.79 Å². The summed E-state index contributed by atoms with van der Waals surface area (Å²) in [6.45, 7) is 7.69. The lowest BCUT2D eigenvalue weighted by atomic mass is 9.48. The molecule has 40 heavy (non-hydrogen) atoms. The van der Waals surface area contributed by atoms with Crippen LogP contribution in [-0.2, 0) is 9.53 Å². The van der Waals surface area contributed by atoms with Gasteiger partial charge in [-0.25, -0.2) is 0 Å². The van der Waals surface area contributed by atoms with Crippen LogP contribution in [0.3, 0.4) is 0 Å². The monoisotopic (exact) mass is 550 g/mol. The highest BCUT2D eigenvalue weighted by atomic mass is 16.5. The number of carbonyl (C=O) groups is 1. The topological polar surface area (TPSA) is 80.6 Å². The van der Waals surface area contributed by atoms with Gasteiger partial charge in [-0.15, -0.1) is 0 Å². The van der Waals surface area contributed by atoms with Crippen molar-refractivity contribution in [3.63, 3.8) is 0 Å². The summed E-state index contributed by atoms with van der Waals surface area (Å²) in [6.07, 6.45) is 11.6. The maximum atomic E-state index is 11.6. The van der Waals surface area contributed by atoms with Crippen molar-refractivity contribution in [2.24, 2.45) is 33.7 Å². The molecule has 5 rings (SSSR count). The number of oxime groups is 1. The summed E-state index contributed by atoms with van der Waals surface area (Å²) in [5, 5.41) is 14.2. The largest absolute Gasteiger partial charge is 0.493 e. The van der Waals surface area contributed by atoms with Gasteiger partial charge in [0.1, 0.15) is 12.7 Å². The average molecular weight is 551 g/mol. The Morgan fingerprint density at radius 2 is 1.90 bits per heavy atom. The van der Waals surface area contributed by atoms with E-state index in [-0.39, 0.29) is 22.9 Å². The maximum absolute atomic E-state index is 11.6. The molecule has 1 N–H and O–H groups in total. The van der Waals surface area contributed by atoms with Crippen molar-refractivity contribution in [3.8, 4) is 11.5 Å². The van der Waals surface area contributed by atoms with Crippen LogP contribution >= 0.6 is 0 Å². The number of methoxy groups -OCH3 is 1. The smallest absolute Gasteiger partial charge is 0.302 e. The zero-order valence-electron chi connectivity index (χ0n) is 25.0. The molecule has 4 aliphatic rings. The van der Waals surface area contributed by atoms with Crippen LogP contribution in [0.2, 0.25) is 0 Å². The van der Waals surface area contributed by atoms with E-state index in [0.717, 1.165) is 74.1 Å². The van der Waals surface area contributed by atoms with E-state index in [4.69, 9.17) is 14.2 Å². The molecule has 0 aliphatic heterocycles. The van der Waals surface area contributed by atoms with E-state index in [1.54, 1.807) is 7.11 Å². The number of benzene rings is 1. The lowest BCUT2D eigenvalue weighted by Crippen LogP contribution is -2.50. The molecule has 0 aromatic heterocycles. The van der Waals surface area contributed by atoms with Gasteiger partial charge in [-0.2, -0.15) is 0 Å². The van der Waals surface area contributed by atoms with Gasteiger partial charge in [0.2, 0.25) is 0 Å². The van der Waals surface area contributed by atoms with Crippen molar-refractivity contribution in [2.75, 3.05) is 34.4 Å². The van der Waals surface area contributed by atoms with Crippen molar-refractivity contribution >= 4 is 17.8 Å². The van der Waals surface area contributed by atoms with Crippen LogP contribution in [0.15, 0.2) is 40.6 Å². The molecule has 218 valence electrons. The Bertz CT molecular complexity index is 1220. The summed E-state index contributed by atoms with van der Waals surface area (Å²) < 4.78 is 17.2. The number of nitrogens with zero attached hydrogens (tertiary/aromatic N) is 2. The van der Waals surface area contributed by atoms with Crippen LogP contribution in [0.4, 0.5) is 0 Å². The van der Waals surface area contributed by atoms with Gasteiger partial charge < -0.3 is 24.3 Å². The van der Waals surface area contributed by atoms with E-state index in [1.807, 2.05) is 26.2 Å². The van der Waals surface area contributed by atoms with Gasteiger partial charge in [-0.1, -0.05) is 36.7 Å². The van der Waals surface area contributed by atoms with E-state index in [2.05, 4.69) is 42.1 Å². The Labute approximate surface area is 239 Å². The van der Waals surface area contributed by atoms with Crippen molar-refractivity contribution in [3.05, 3.63) is 41.0 Å². The summed E-state index contributed by atoms with van der Waals surface area (Å²) >= 11 is 0. The Morgan fingerprint density at radius 3 is 2.60 bits per heavy atom. The zero-order valence-corrected chi connectivity index (χ0v) is 25.0. The lowest BCUT2D eigenvalue weighted by Gasteiger charge is -2.57. The number of hydrogen-bond acceptors (Lipinski definition) is 7. The second-order valence-corrected chi connectivity index (χ2v) is 13.1. The molecule has 3 fully saturated rings. The maximum Gasteiger partial charge on any atom is 0.302 e. The molecule has 0 bridgehead atoms. The molecule has 1 aromatic carbocycles. The Balaban J connectivity index is 1.39. The number of fused-ring (bicyclic) bond motifs is 5. The van der Waals surface area contributed by atoms with E-state index >= 15 is 0 Å². The summed E-state index contributed by atoms with van der Waals surface area (Å²) in [7, 11) is 5.72. The molecular formula is C33H46N2O5. The summed E-state index contributed by atoms with van der Waals surface area (Å²) in [5.41, 5.74) is 4.49. The molecule has 0 radical (unpaired) electrons. The predicted octanol–water partition coefficient (Wildman–Crippen LogP) is 6.35. The first-order valence-electron chi connectivity index (χ1n) is 14.8. The number of ether oxygens (including phenoxy) is 3. The third-order valence-electron chi connectivity index (χ3n) is 10.5. The van der Waals surface area contributed by atoms with Crippen LogP contribution in [0.1, 0.15) is 71.3 Å². The minimum Gasteiger partial charge on any atom is -0.493 e. The van der Waals surface area contributed by atoms with Crippen molar-refractivity contribution in [1.29, 1.82) is 0 Å². The number of carbonyl (C=O) groups excluding carboxylic acids is 1. The molecule has 0 heterocycles. The number of rotatable bonds is 7. The Hall–Kier alpha value is -2.80. The zero-order chi connectivity index (χ0) is 28.7. The average Bonchev–Trinajstić information content (AvgIpc) is 3.19. The van der Waals surface area contributed by atoms with Crippen molar-refractivity contribution < 1.29 is 24.2 Å². The van der Waals surface area contributed by atoms with Crippen LogP contribution in [0.5, 0.6) is 11.5 Å². The van der Waals surface area contributed by atoms with Crippen LogP contribution < -0.4 is 9.47 Å². The fraction of sp³-hybridized carbons (Fsp3) is 0.636. The number of esters is 1. The molecule has 7 nitrogen and oxygen atoms in total. The first-order valence-corrected chi connectivity index (χ1v) is 14.8. The highest BCUT2D eigenvalue weighted by Gasteiger charge is 2.59. The van der Waals surface area contributed by atoms with Crippen molar-refractivity contribution in [1.82, 2.24) is 4.90 Å². The summed E-state index contributed by atoms with van der Waals surface area (Å²) in [4.78, 5) is 13.7.